The average Bonchev–Trinajstić information content (AvgIpc) is 3.40. The van der Waals surface area contributed by atoms with Gasteiger partial charge in [-0.05, 0) is 30.5 Å². The van der Waals surface area contributed by atoms with Crippen LogP contribution in [0.25, 0.3) is 0 Å². The molecule has 1 saturated carbocycles. The molecule has 124 valence electrons. The van der Waals surface area contributed by atoms with Crippen LogP contribution < -0.4 is 16.0 Å². The number of nitrogens with one attached hydrogen (secondary N) is 3. The summed E-state index contributed by atoms with van der Waals surface area (Å²) in [5.41, 5.74) is 1.63. The van der Waals surface area contributed by atoms with Crippen LogP contribution in [0.2, 0.25) is 0 Å². The van der Waals surface area contributed by atoms with Gasteiger partial charge in [0, 0.05) is 30.5 Å². The lowest BCUT2D eigenvalue weighted by atomic mass is 10.1. The summed E-state index contributed by atoms with van der Waals surface area (Å²) in [4.78, 5) is 28.5. The number of rotatable bonds is 6. The van der Waals surface area contributed by atoms with Crippen LogP contribution in [-0.4, -0.2) is 29.0 Å². The first-order chi connectivity index (χ1) is 11.7. The van der Waals surface area contributed by atoms with Crippen molar-refractivity contribution >= 4 is 17.6 Å². The first kappa shape index (κ1) is 16.0. The van der Waals surface area contributed by atoms with Crippen LogP contribution in [0.1, 0.15) is 18.4 Å². The van der Waals surface area contributed by atoms with Gasteiger partial charge in [-0.3, -0.25) is 9.78 Å². The van der Waals surface area contributed by atoms with Gasteiger partial charge in [-0.25, -0.2) is 4.79 Å². The lowest BCUT2D eigenvalue weighted by molar-refractivity contribution is -0.123. The fourth-order valence-corrected chi connectivity index (χ4v) is 2.35. The maximum Gasteiger partial charge on any atom is 0.319 e. The number of hydrogen-bond acceptors (Lipinski definition) is 3. The first-order valence-corrected chi connectivity index (χ1v) is 8.02. The van der Waals surface area contributed by atoms with Crippen LogP contribution in [0.15, 0.2) is 54.9 Å². The van der Waals surface area contributed by atoms with Gasteiger partial charge in [0.1, 0.15) is 6.04 Å². The minimum Gasteiger partial charge on any atom is -0.352 e. The van der Waals surface area contributed by atoms with E-state index in [2.05, 4.69) is 20.9 Å². The second-order valence-electron chi connectivity index (χ2n) is 5.86. The van der Waals surface area contributed by atoms with E-state index in [1.165, 1.54) is 0 Å². The molecular weight excluding hydrogens is 304 g/mol. The van der Waals surface area contributed by atoms with Crippen molar-refractivity contribution in [3.8, 4) is 0 Å². The number of urea groups is 1. The maximum absolute atomic E-state index is 12.4. The van der Waals surface area contributed by atoms with Crippen LogP contribution in [0.3, 0.4) is 0 Å². The highest BCUT2D eigenvalue weighted by atomic mass is 16.2. The van der Waals surface area contributed by atoms with E-state index >= 15 is 0 Å². The number of carbonyl (C=O) groups is 2. The van der Waals surface area contributed by atoms with Crippen molar-refractivity contribution in [1.82, 2.24) is 15.6 Å². The van der Waals surface area contributed by atoms with Crippen molar-refractivity contribution in [1.29, 1.82) is 0 Å². The lowest BCUT2D eigenvalue weighted by Crippen LogP contribution is -2.49. The minimum absolute atomic E-state index is 0.147. The molecule has 0 spiro atoms. The topological polar surface area (TPSA) is 83.1 Å². The average molecular weight is 324 g/mol. The molecule has 2 aromatic rings. The zero-order valence-corrected chi connectivity index (χ0v) is 13.2. The van der Waals surface area contributed by atoms with Crippen molar-refractivity contribution in [2.24, 2.45) is 0 Å². The molecule has 1 heterocycles. The summed E-state index contributed by atoms with van der Waals surface area (Å²) in [6.45, 7) is 0. The third-order valence-corrected chi connectivity index (χ3v) is 3.77. The molecule has 0 radical (unpaired) electrons. The van der Waals surface area contributed by atoms with Crippen molar-refractivity contribution in [2.45, 2.75) is 31.3 Å². The number of pyridine rings is 1. The van der Waals surface area contributed by atoms with Gasteiger partial charge in [0.2, 0.25) is 5.91 Å². The largest absolute Gasteiger partial charge is 0.352 e. The third-order valence-electron chi connectivity index (χ3n) is 3.77. The van der Waals surface area contributed by atoms with Crippen LogP contribution in [-0.2, 0) is 11.2 Å². The molecule has 1 aromatic carbocycles. The van der Waals surface area contributed by atoms with Gasteiger partial charge < -0.3 is 16.0 Å². The Morgan fingerprint density at radius 2 is 1.79 bits per heavy atom. The number of hydrogen-bond donors (Lipinski definition) is 3. The Balaban J connectivity index is 1.64. The fourth-order valence-electron chi connectivity index (χ4n) is 2.35. The van der Waals surface area contributed by atoms with Crippen LogP contribution in [0, 0.1) is 0 Å². The van der Waals surface area contributed by atoms with Gasteiger partial charge in [-0.15, -0.1) is 0 Å². The molecular formula is C18H20N4O2. The second kappa shape index (κ2) is 7.59. The highest BCUT2D eigenvalue weighted by Gasteiger charge is 2.28. The molecule has 0 aliphatic heterocycles. The molecule has 1 aliphatic carbocycles. The highest BCUT2D eigenvalue weighted by molar-refractivity contribution is 5.93. The molecule has 1 aliphatic rings. The van der Waals surface area contributed by atoms with Crippen LogP contribution >= 0.6 is 0 Å². The number of carbonyl (C=O) groups excluding carboxylic acids is 2. The van der Waals surface area contributed by atoms with Crippen molar-refractivity contribution in [2.75, 3.05) is 5.32 Å². The zero-order chi connectivity index (χ0) is 16.8. The molecule has 6 nitrogen and oxygen atoms in total. The number of benzene rings is 1. The smallest absolute Gasteiger partial charge is 0.319 e. The SMILES string of the molecule is O=C(Nc1ccncc1)N[C@H](Cc1ccccc1)C(=O)NC1CC1. The van der Waals surface area contributed by atoms with Gasteiger partial charge in [0.25, 0.3) is 0 Å². The summed E-state index contributed by atoms with van der Waals surface area (Å²) in [5.74, 6) is -0.147. The summed E-state index contributed by atoms with van der Waals surface area (Å²) >= 11 is 0. The van der Waals surface area contributed by atoms with E-state index in [1.54, 1.807) is 24.5 Å². The highest BCUT2D eigenvalue weighted by Crippen LogP contribution is 2.19. The molecule has 0 unspecified atom stereocenters. The Labute approximate surface area is 140 Å². The van der Waals surface area contributed by atoms with E-state index in [1.807, 2.05) is 30.3 Å². The Hall–Kier alpha value is -2.89. The van der Waals surface area contributed by atoms with E-state index in [9.17, 15) is 9.59 Å². The predicted octanol–water partition coefficient (Wildman–Crippen LogP) is 2.09. The van der Waals surface area contributed by atoms with Gasteiger partial charge in [0.05, 0.1) is 0 Å². The molecule has 24 heavy (non-hydrogen) atoms. The van der Waals surface area contributed by atoms with Gasteiger partial charge in [-0.1, -0.05) is 30.3 Å². The molecule has 3 rings (SSSR count). The van der Waals surface area contributed by atoms with E-state index in [0.717, 1.165) is 18.4 Å². The quantitative estimate of drug-likeness (QED) is 0.761. The standard InChI is InChI=1S/C18H20N4O2/c23-17(20-14-6-7-14)16(12-13-4-2-1-3-5-13)22-18(24)21-15-8-10-19-11-9-15/h1-5,8-11,14,16H,6-7,12H2,(H,20,23)(H2,19,21,22,24)/t16-/m1/s1. The summed E-state index contributed by atoms with van der Waals surface area (Å²) in [5, 5.41) is 8.43. The molecule has 6 heteroatoms. The van der Waals surface area contributed by atoms with Gasteiger partial charge in [0.15, 0.2) is 0 Å². The summed E-state index contributed by atoms with van der Waals surface area (Å²) in [6, 6.07) is 12.3. The molecule has 3 N–H and O–H groups in total. The number of aromatic nitrogens is 1. The Morgan fingerprint density at radius 3 is 2.46 bits per heavy atom. The second-order valence-corrected chi connectivity index (χ2v) is 5.86. The minimum atomic E-state index is -0.616. The maximum atomic E-state index is 12.4. The van der Waals surface area contributed by atoms with E-state index in [0.29, 0.717) is 12.1 Å². The molecule has 3 amide bonds. The van der Waals surface area contributed by atoms with Crippen molar-refractivity contribution in [3.63, 3.8) is 0 Å². The molecule has 1 fully saturated rings. The van der Waals surface area contributed by atoms with E-state index in [4.69, 9.17) is 0 Å². The predicted molar refractivity (Wildman–Crippen MR) is 91.5 cm³/mol. The Bertz CT molecular complexity index is 687. The van der Waals surface area contributed by atoms with Gasteiger partial charge >= 0.3 is 6.03 Å². The summed E-state index contributed by atoms with van der Waals surface area (Å²) in [7, 11) is 0. The molecule has 1 aromatic heterocycles. The van der Waals surface area contributed by atoms with Crippen molar-refractivity contribution < 1.29 is 9.59 Å². The van der Waals surface area contributed by atoms with Crippen LogP contribution in [0.4, 0.5) is 10.5 Å². The number of nitrogens with zero attached hydrogens (tertiary/aromatic N) is 1. The number of amides is 3. The summed E-state index contributed by atoms with van der Waals surface area (Å²) in [6.07, 6.45) is 5.65. The van der Waals surface area contributed by atoms with E-state index < -0.39 is 12.1 Å². The van der Waals surface area contributed by atoms with Crippen molar-refractivity contribution in [3.05, 3.63) is 60.4 Å². The Kier molecular flexibility index (Phi) is 5.05. The monoisotopic (exact) mass is 324 g/mol. The Morgan fingerprint density at radius 1 is 1.08 bits per heavy atom. The molecule has 0 saturated heterocycles. The number of anilines is 1. The van der Waals surface area contributed by atoms with Gasteiger partial charge in [-0.2, -0.15) is 0 Å². The zero-order valence-electron chi connectivity index (χ0n) is 13.2. The molecule has 1 atom stereocenters. The van der Waals surface area contributed by atoms with Crippen LogP contribution in [0.5, 0.6) is 0 Å². The first-order valence-electron chi connectivity index (χ1n) is 8.02. The lowest BCUT2D eigenvalue weighted by Gasteiger charge is -2.19. The third kappa shape index (κ3) is 4.81. The normalized spacial score (nSPS) is 14.5. The fraction of sp³-hybridized carbons (Fsp3) is 0.278. The summed E-state index contributed by atoms with van der Waals surface area (Å²) < 4.78 is 0. The molecule has 0 bridgehead atoms. The van der Waals surface area contributed by atoms with E-state index in [-0.39, 0.29) is 11.9 Å².